The van der Waals surface area contributed by atoms with Gasteiger partial charge in [-0.05, 0) is 55.3 Å². The lowest BCUT2D eigenvalue weighted by atomic mass is 10.1. The molecule has 150 valence electrons. The summed E-state index contributed by atoms with van der Waals surface area (Å²) < 4.78 is 10.8. The molecule has 0 spiro atoms. The van der Waals surface area contributed by atoms with E-state index in [1.165, 1.54) is 13.2 Å². The molecule has 29 heavy (non-hydrogen) atoms. The lowest BCUT2D eigenvalue weighted by molar-refractivity contribution is -0.122. The molecule has 1 aliphatic rings. The molecule has 0 bridgehead atoms. The highest BCUT2D eigenvalue weighted by molar-refractivity contribution is 6.39. The minimum Gasteiger partial charge on any atom is -0.493 e. The minimum atomic E-state index is -0.827. The molecular weight excluding hydrogens is 396 g/mol. The van der Waals surface area contributed by atoms with E-state index in [-0.39, 0.29) is 5.57 Å². The van der Waals surface area contributed by atoms with E-state index in [0.717, 1.165) is 4.90 Å². The van der Waals surface area contributed by atoms with Gasteiger partial charge in [-0.2, -0.15) is 0 Å². The van der Waals surface area contributed by atoms with Crippen LogP contribution in [0.1, 0.15) is 18.1 Å². The largest absolute Gasteiger partial charge is 0.493 e. The first-order valence-electron chi connectivity index (χ1n) is 8.84. The third-order valence-electron chi connectivity index (χ3n) is 4.38. The zero-order chi connectivity index (χ0) is 21.1. The smallest absolute Gasteiger partial charge is 0.335 e. The first-order valence-corrected chi connectivity index (χ1v) is 9.22. The summed E-state index contributed by atoms with van der Waals surface area (Å²) in [6.45, 7) is 4.01. The fourth-order valence-electron chi connectivity index (χ4n) is 2.93. The topological polar surface area (TPSA) is 84.9 Å². The lowest BCUT2D eigenvalue weighted by Gasteiger charge is -2.27. The number of hydrogen-bond acceptors (Lipinski definition) is 5. The Labute approximate surface area is 172 Å². The molecule has 0 aromatic heterocycles. The van der Waals surface area contributed by atoms with Crippen molar-refractivity contribution in [3.05, 3.63) is 58.1 Å². The van der Waals surface area contributed by atoms with Gasteiger partial charge in [0.25, 0.3) is 11.8 Å². The highest BCUT2D eigenvalue weighted by Crippen LogP contribution is 2.31. The molecule has 7 nitrogen and oxygen atoms in total. The second kappa shape index (κ2) is 8.36. The van der Waals surface area contributed by atoms with E-state index in [2.05, 4.69) is 5.32 Å². The number of methoxy groups -OCH3 is 1. The van der Waals surface area contributed by atoms with Crippen molar-refractivity contribution in [1.29, 1.82) is 0 Å². The van der Waals surface area contributed by atoms with Gasteiger partial charge in [0, 0.05) is 5.02 Å². The van der Waals surface area contributed by atoms with Crippen LogP contribution in [0.25, 0.3) is 6.08 Å². The summed E-state index contributed by atoms with van der Waals surface area (Å²) in [7, 11) is 1.50. The van der Waals surface area contributed by atoms with Gasteiger partial charge < -0.3 is 9.47 Å². The lowest BCUT2D eigenvalue weighted by Crippen LogP contribution is -2.54. The summed E-state index contributed by atoms with van der Waals surface area (Å²) >= 11 is 6.12. The van der Waals surface area contributed by atoms with Gasteiger partial charge in [-0.3, -0.25) is 14.9 Å². The predicted molar refractivity (Wildman–Crippen MR) is 109 cm³/mol. The molecule has 2 aromatic rings. The van der Waals surface area contributed by atoms with Gasteiger partial charge >= 0.3 is 6.03 Å². The van der Waals surface area contributed by atoms with Crippen LogP contribution in [-0.2, 0) is 9.59 Å². The Kier molecular flexibility index (Phi) is 5.89. The molecule has 1 N–H and O–H groups in total. The number of nitrogens with zero attached hydrogens (tertiary/aromatic N) is 1. The van der Waals surface area contributed by atoms with E-state index in [1.54, 1.807) is 43.3 Å². The molecule has 1 saturated heterocycles. The molecule has 0 unspecified atom stereocenters. The number of ether oxygens (including phenoxy) is 2. The van der Waals surface area contributed by atoms with E-state index in [4.69, 9.17) is 21.1 Å². The van der Waals surface area contributed by atoms with Crippen LogP contribution in [0, 0.1) is 6.92 Å². The Morgan fingerprint density at radius 2 is 1.90 bits per heavy atom. The summed E-state index contributed by atoms with van der Waals surface area (Å²) in [6, 6.07) is 9.06. The van der Waals surface area contributed by atoms with Gasteiger partial charge in [0.05, 0.1) is 19.4 Å². The Hall–Kier alpha value is -3.32. The maximum atomic E-state index is 13.0. The fraction of sp³-hybridized carbons (Fsp3) is 0.190. The number of carbonyl (C=O) groups is 3. The van der Waals surface area contributed by atoms with Crippen molar-refractivity contribution in [2.75, 3.05) is 18.6 Å². The summed E-state index contributed by atoms with van der Waals surface area (Å²) in [5.74, 6) is -0.507. The van der Waals surface area contributed by atoms with Crippen LogP contribution in [0.5, 0.6) is 11.5 Å². The summed E-state index contributed by atoms with van der Waals surface area (Å²) in [5.41, 5.74) is 1.22. The number of nitrogens with one attached hydrogen (secondary N) is 1. The first-order chi connectivity index (χ1) is 13.9. The van der Waals surface area contributed by atoms with E-state index in [9.17, 15) is 14.4 Å². The van der Waals surface area contributed by atoms with Crippen LogP contribution in [0.2, 0.25) is 5.02 Å². The molecule has 3 rings (SSSR count). The van der Waals surface area contributed by atoms with Crippen LogP contribution in [0.3, 0.4) is 0 Å². The highest BCUT2D eigenvalue weighted by Gasteiger charge is 2.37. The second-order valence-electron chi connectivity index (χ2n) is 6.19. The number of benzene rings is 2. The van der Waals surface area contributed by atoms with Crippen LogP contribution in [0.15, 0.2) is 42.0 Å². The van der Waals surface area contributed by atoms with Gasteiger partial charge in [0.15, 0.2) is 11.5 Å². The maximum absolute atomic E-state index is 13.0. The number of barbiturate groups is 1. The quantitative estimate of drug-likeness (QED) is 0.595. The van der Waals surface area contributed by atoms with Gasteiger partial charge in [-0.25, -0.2) is 9.69 Å². The zero-order valence-electron chi connectivity index (χ0n) is 16.1. The van der Waals surface area contributed by atoms with Crippen molar-refractivity contribution >= 4 is 41.2 Å². The maximum Gasteiger partial charge on any atom is 0.335 e. The van der Waals surface area contributed by atoms with Gasteiger partial charge in [-0.15, -0.1) is 0 Å². The van der Waals surface area contributed by atoms with E-state index in [0.29, 0.717) is 39.9 Å². The first kappa shape index (κ1) is 20.4. The van der Waals surface area contributed by atoms with Crippen LogP contribution in [-0.4, -0.2) is 31.6 Å². The Balaban J connectivity index is 2.03. The third kappa shape index (κ3) is 3.95. The molecule has 2 aromatic carbocycles. The molecule has 0 radical (unpaired) electrons. The molecule has 0 atom stereocenters. The fourth-order valence-corrected chi connectivity index (χ4v) is 3.10. The number of halogens is 1. The third-order valence-corrected chi connectivity index (χ3v) is 4.79. The van der Waals surface area contributed by atoms with Crippen molar-refractivity contribution in [2.24, 2.45) is 0 Å². The molecular formula is C21H19ClN2O5. The normalized spacial score (nSPS) is 15.5. The number of anilines is 1. The van der Waals surface area contributed by atoms with Crippen LogP contribution in [0.4, 0.5) is 10.5 Å². The molecule has 8 heteroatoms. The van der Waals surface area contributed by atoms with Crippen LogP contribution >= 0.6 is 11.6 Å². The van der Waals surface area contributed by atoms with Crippen molar-refractivity contribution in [3.63, 3.8) is 0 Å². The second-order valence-corrected chi connectivity index (χ2v) is 6.59. The Morgan fingerprint density at radius 1 is 1.14 bits per heavy atom. The van der Waals surface area contributed by atoms with Gasteiger partial charge in [-0.1, -0.05) is 23.7 Å². The van der Waals surface area contributed by atoms with E-state index in [1.807, 2.05) is 6.92 Å². The minimum absolute atomic E-state index is 0.185. The SMILES string of the molecule is CCOc1ccc(/C=C2\C(=O)NC(=O)N(c3cccc(Cl)c3C)C2=O)cc1OC. The number of imide groups is 2. The highest BCUT2D eigenvalue weighted by atomic mass is 35.5. The van der Waals surface area contributed by atoms with Gasteiger partial charge in [0.2, 0.25) is 0 Å². The van der Waals surface area contributed by atoms with Gasteiger partial charge in [0.1, 0.15) is 5.57 Å². The predicted octanol–water partition coefficient (Wildman–Crippen LogP) is 3.72. The van der Waals surface area contributed by atoms with E-state index < -0.39 is 17.8 Å². The molecule has 1 aliphatic heterocycles. The number of carbonyl (C=O) groups excluding carboxylic acids is 3. The number of rotatable bonds is 5. The molecule has 1 fully saturated rings. The number of hydrogen-bond donors (Lipinski definition) is 1. The standard InChI is InChI=1S/C21H19ClN2O5/c1-4-29-17-9-8-13(11-18(17)28-3)10-14-19(25)23-21(27)24(20(14)26)16-7-5-6-15(22)12(16)2/h5-11H,4H2,1-3H3,(H,23,25,27)/b14-10+. The Morgan fingerprint density at radius 3 is 2.59 bits per heavy atom. The summed E-state index contributed by atoms with van der Waals surface area (Å²) in [6.07, 6.45) is 1.40. The molecule has 0 aliphatic carbocycles. The zero-order valence-corrected chi connectivity index (χ0v) is 16.9. The Bertz CT molecular complexity index is 1030. The van der Waals surface area contributed by atoms with Crippen molar-refractivity contribution < 1.29 is 23.9 Å². The van der Waals surface area contributed by atoms with Crippen molar-refractivity contribution in [1.82, 2.24) is 5.32 Å². The number of urea groups is 1. The molecule has 4 amide bonds. The van der Waals surface area contributed by atoms with Crippen LogP contribution < -0.4 is 19.7 Å². The van der Waals surface area contributed by atoms with Crippen molar-refractivity contribution in [3.8, 4) is 11.5 Å². The molecule has 0 saturated carbocycles. The average Bonchev–Trinajstić information content (AvgIpc) is 2.69. The summed E-state index contributed by atoms with van der Waals surface area (Å²) in [5, 5.41) is 2.60. The van der Waals surface area contributed by atoms with Crippen molar-refractivity contribution in [2.45, 2.75) is 13.8 Å². The average molecular weight is 415 g/mol. The monoisotopic (exact) mass is 414 g/mol. The summed E-state index contributed by atoms with van der Waals surface area (Å²) in [4.78, 5) is 38.6. The number of amides is 4. The molecule has 1 heterocycles. The van der Waals surface area contributed by atoms with E-state index >= 15 is 0 Å².